The molecule has 3 aliphatic carbocycles. The van der Waals surface area contributed by atoms with Crippen LogP contribution in [0, 0.1) is 23.6 Å². The van der Waals surface area contributed by atoms with E-state index in [0.29, 0.717) is 19.1 Å². The highest BCUT2D eigenvalue weighted by Gasteiger charge is 2.38. The second kappa shape index (κ2) is 11.2. The highest BCUT2D eigenvalue weighted by Crippen LogP contribution is 2.45. The first-order valence-electron chi connectivity index (χ1n) is 14.4. The first-order valence-corrected chi connectivity index (χ1v) is 14.4. The Labute approximate surface area is 206 Å². The molecule has 34 heavy (non-hydrogen) atoms. The zero-order valence-electron chi connectivity index (χ0n) is 21.3. The molecule has 5 rings (SSSR count). The van der Waals surface area contributed by atoms with Crippen LogP contribution in [0.3, 0.4) is 0 Å². The van der Waals surface area contributed by atoms with Gasteiger partial charge in [-0.3, -0.25) is 0 Å². The lowest BCUT2D eigenvalue weighted by atomic mass is 9.68. The molecule has 1 spiro atoms. The maximum Gasteiger partial charge on any atom is 0.172 e. The Balaban J connectivity index is 1.11. The first-order chi connectivity index (χ1) is 16.7. The Morgan fingerprint density at radius 3 is 2.24 bits per heavy atom. The molecular weight excluding hydrogens is 423 g/mol. The summed E-state index contributed by atoms with van der Waals surface area (Å²) in [4.78, 5) is 0. The van der Waals surface area contributed by atoms with Crippen molar-refractivity contribution in [2.24, 2.45) is 17.8 Å². The SMILES string of the molecule is CCCCCC1CCC(C2CCC(c3ccc(C4=CCC5(CC4)OCCO5)c(F)c3)CC2)CC1. The lowest BCUT2D eigenvalue weighted by molar-refractivity contribution is -0.159. The minimum atomic E-state index is -0.438. The molecule has 2 nitrogen and oxygen atoms in total. The number of halogens is 1. The lowest BCUT2D eigenvalue weighted by Gasteiger charge is -2.38. The third kappa shape index (κ3) is 5.62. The summed E-state index contributed by atoms with van der Waals surface area (Å²) in [6.45, 7) is 3.66. The third-order valence-electron chi connectivity index (χ3n) is 9.60. The predicted octanol–water partition coefficient (Wildman–Crippen LogP) is 8.80. The monoisotopic (exact) mass is 468 g/mol. The van der Waals surface area contributed by atoms with Crippen molar-refractivity contribution < 1.29 is 13.9 Å². The standard InChI is InChI=1S/C31H45FO2/c1-2-3-4-5-23-6-8-24(9-7-23)25-10-12-26(13-11-25)28-14-15-29(30(32)22-28)27-16-18-31(19-17-27)33-20-21-34-31/h14-16,22-26H,2-13,17-21H2,1H3. The molecule has 1 saturated heterocycles. The molecule has 0 unspecified atom stereocenters. The van der Waals surface area contributed by atoms with Gasteiger partial charge in [0.25, 0.3) is 0 Å². The van der Waals surface area contributed by atoms with E-state index in [9.17, 15) is 0 Å². The third-order valence-corrected chi connectivity index (χ3v) is 9.60. The van der Waals surface area contributed by atoms with E-state index in [1.165, 1.54) is 82.6 Å². The van der Waals surface area contributed by atoms with Crippen molar-refractivity contribution in [3.8, 4) is 0 Å². The van der Waals surface area contributed by atoms with Gasteiger partial charge < -0.3 is 9.47 Å². The fourth-order valence-electron chi connectivity index (χ4n) is 7.41. The number of hydrogen-bond donors (Lipinski definition) is 0. The Bertz CT molecular complexity index is 824. The number of benzene rings is 1. The van der Waals surface area contributed by atoms with Gasteiger partial charge in [-0.2, -0.15) is 0 Å². The van der Waals surface area contributed by atoms with Crippen molar-refractivity contribution in [2.75, 3.05) is 13.2 Å². The van der Waals surface area contributed by atoms with Crippen LogP contribution in [0.5, 0.6) is 0 Å². The van der Waals surface area contributed by atoms with Crippen LogP contribution in [0.4, 0.5) is 4.39 Å². The van der Waals surface area contributed by atoms with Crippen LogP contribution in [0.25, 0.3) is 5.57 Å². The molecule has 0 atom stereocenters. The van der Waals surface area contributed by atoms with Crippen molar-refractivity contribution in [1.29, 1.82) is 0 Å². The number of allylic oxidation sites excluding steroid dienone is 1. The van der Waals surface area contributed by atoms with Gasteiger partial charge in [-0.25, -0.2) is 4.39 Å². The molecule has 4 aliphatic rings. The molecule has 1 aliphatic heterocycles. The lowest BCUT2D eigenvalue weighted by Crippen LogP contribution is -2.31. The van der Waals surface area contributed by atoms with Gasteiger partial charge >= 0.3 is 0 Å². The molecule has 0 bridgehead atoms. The van der Waals surface area contributed by atoms with Gasteiger partial charge in [0.15, 0.2) is 5.79 Å². The molecule has 2 saturated carbocycles. The average Bonchev–Trinajstić information content (AvgIpc) is 3.33. The number of unbranched alkanes of at least 4 members (excludes halogenated alkanes) is 2. The van der Waals surface area contributed by atoms with Crippen molar-refractivity contribution in [1.82, 2.24) is 0 Å². The molecule has 1 aromatic carbocycles. The smallest absolute Gasteiger partial charge is 0.172 e. The normalized spacial score (nSPS) is 31.5. The van der Waals surface area contributed by atoms with Crippen LogP contribution >= 0.6 is 0 Å². The van der Waals surface area contributed by atoms with E-state index in [1.54, 1.807) is 0 Å². The number of hydrogen-bond acceptors (Lipinski definition) is 2. The van der Waals surface area contributed by atoms with E-state index in [2.05, 4.69) is 19.1 Å². The predicted molar refractivity (Wildman–Crippen MR) is 137 cm³/mol. The minimum Gasteiger partial charge on any atom is -0.347 e. The Hall–Kier alpha value is -1.19. The zero-order valence-corrected chi connectivity index (χ0v) is 21.3. The molecule has 1 aromatic rings. The van der Waals surface area contributed by atoms with Crippen LogP contribution in [0.15, 0.2) is 24.3 Å². The van der Waals surface area contributed by atoms with Crippen molar-refractivity contribution in [3.05, 3.63) is 41.2 Å². The number of rotatable bonds is 7. The summed E-state index contributed by atoms with van der Waals surface area (Å²) in [5.41, 5.74) is 3.11. The maximum absolute atomic E-state index is 15.2. The Morgan fingerprint density at radius 1 is 0.912 bits per heavy atom. The molecule has 0 amide bonds. The van der Waals surface area contributed by atoms with E-state index < -0.39 is 5.79 Å². The molecule has 0 radical (unpaired) electrons. The average molecular weight is 469 g/mol. The summed E-state index contributed by atoms with van der Waals surface area (Å²) in [7, 11) is 0. The van der Waals surface area contributed by atoms with Gasteiger partial charge in [0.1, 0.15) is 5.82 Å². The fraction of sp³-hybridized carbons (Fsp3) is 0.742. The van der Waals surface area contributed by atoms with Crippen LogP contribution < -0.4 is 0 Å². The largest absolute Gasteiger partial charge is 0.347 e. The Kier molecular flexibility index (Phi) is 8.11. The molecule has 0 aromatic heterocycles. The summed E-state index contributed by atoms with van der Waals surface area (Å²) < 4.78 is 26.8. The van der Waals surface area contributed by atoms with Crippen LogP contribution in [-0.4, -0.2) is 19.0 Å². The first kappa shape index (κ1) is 24.5. The highest BCUT2D eigenvalue weighted by atomic mass is 19.1. The van der Waals surface area contributed by atoms with Gasteiger partial charge in [0, 0.05) is 18.4 Å². The Morgan fingerprint density at radius 2 is 1.62 bits per heavy atom. The highest BCUT2D eigenvalue weighted by molar-refractivity contribution is 5.67. The zero-order chi connectivity index (χ0) is 23.4. The summed E-state index contributed by atoms with van der Waals surface area (Å²) in [6, 6.07) is 6.09. The molecular formula is C31H45FO2. The summed E-state index contributed by atoms with van der Waals surface area (Å²) in [6.07, 6.45) is 21.2. The maximum atomic E-state index is 15.2. The van der Waals surface area contributed by atoms with Crippen molar-refractivity contribution in [2.45, 2.75) is 115 Å². The van der Waals surface area contributed by atoms with Crippen LogP contribution in [0.1, 0.15) is 120 Å². The van der Waals surface area contributed by atoms with Crippen molar-refractivity contribution in [3.63, 3.8) is 0 Å². The summed E-state index contributed by atoms with van der Waals surface area (Å²) in [5.74, 6) is 2.93. The van der Waals surface area contributed by atoms with E-state index >= 15 is 4.39 Å². The molecule has 0 N–H and O–H groups in total. The van der Waals surface area contributed by atoms with Gasteiger partial charge in [0.2, 0.25) is 0 Å². The van der Waals surface area contributed by atoms with Gasteiger partial charge in [-0.15, -0.1) is 0 Å². The van der Waals surface area contributed by atoms with Crippen LogP contribution in [-0.2, 0) is 9.47 Å². The quantitative estimate of drug-likeness (QED) is 0.372. The molecule has 188 valence electrons. The molecule has 1 heterocycles. The van der Waals surface area contributed by atoms with Gasteiger partial charge in [0.05, 0.1) is 13.2 Å². The topological polar surface area (TPSA) is 18.5 Å². The second-order valence-corrected chi connectivity index (χ2v) is 11.7. The fourth-order valence-corrected chi connectivity index (χ4v) is 7.41. The van der Waals surface area contributed by atoms with Crippen LogP contribution in [0.2, 0.25) is 0 Å². The van der Waals surface area contributed by atoms with Crippen molar-refractivity contribution >= 4 is 5.57 Å². The summed E-state index contributed by atoms with van der Waals surface area (Å²) >= 11 is 0. The molecule has 3 heteroatoms. The molecule has 3 fully saturated rings. The van der Waals surface area contributed by atoms with Gasteiger partial charge in [-0.05, 0) is 85.8 Å². The summed E-state index contributed by atoms with van der Waals surface area (Å²) in [5, 5.41) is 0. The van der Waals surface area contributed by atoms with E-state index in [-0.39, 0.29) is 5.82 Å². The van der Waals surface area contributed by atoms with E-state index in [4.69, 9.17) is 9.47 Å². The van der Waals surface area contributed by atoms with E-state index in [0.717, 1.165) is 48.2 Å². The van der Waals surface area contributed by atoms with E-state index in [1.807, 2.05) is 12.1 Å². The second-order valence-electron chi connectivity index (χ2n) is 11.7. The minimum absolute atomic E-state index is 0.0449. The number of ether oxygens (including phenoxy) is 2. The van der Waals surface area contributed by atoms with Gasteiger partial charge in [-0.1, -0.05) is 63.7 Å².